The average Bonchev–Trinajstić information content (AvgIpc) is 2.76. The first kappa shape index (κ1) is 22.2. The number of hydrogen-bond acceptors (Lipinski definition) is 4. The fourth-order valence-corrected chi connectivity index (χ4v) is 3.11. The van der Waals surface area contributed by atoms with Crippen molar-refractivity contribution >= 4 is 17.4 Å². The molecule has 0 aliphatic heterocycles. The van der Waals surface area contributed by atoms with Crippen LogP contribution in [0.15, 0.2) is 59.9 Å². The number of halogens is 1. The number of carbonyl (C=O) groups is 1. The van der Waals surface area contributed by atoms with Crippen molar-refractivity contribution in [3.05, 3.63) is 71.0 Å². The zero-order valence-electron chi connectivity index (χ0n) is 15.8. The van der Waals surface area contributed by atoms with E-state index in [2.05, 4.69) is 6.58 Å². The monoisotopic (exact) mass is 378 g/mol. The first-order valence-corrected chi connectivity index (χ1v) is 9.03. The lowest BCUT2D eigenvalue weighted by Crippen LogP contribution is -2.46. The van der Waals surface area contributed by atoms with Crippen molar-refractivity contribution in [2.75, 3.05) is 6.61 Å². The molecular weight excluding hydrogens is 352 g/mol. The van der Waals surface area contributed by atoms with E-state index < -0.39 is 11.2 Å². The van der Waals surface area contributed by atoms with Crippen molar-refractivity contribution in [3.8, 4) is 0 Å². The summed E-state index contributed by atoms with van der Waals surface area (Å²) < 4.78 is 5.87. The quantitative estimate of drug-likeness (QED) is 0.428. The smallest absolute Gasteiger partial charge is 0.248 e. The molecule has 1 aromatic carbocycles. The average molecular weight is 379 g/mol. The zero-order valence-corrected chi connectivity index (χ0v) is 16.5. The van der Waals surface area contributed by atoms with E-state index in [1.165, 1.54) is 6.08 Å². The fourth-order valence-electron chi connectivity index (χ4n) is 3.00. The van der Waals surface area contributed by atoms with Crippen LogP contribution in [0.3, 0.4) is 0 Å². The highest BCUT2D eigenvalue weighted by Gasteiger charge is 2.62. The highest BCUT2D eigenvalue weighted by atomic mass is 35.5. The second-order valence-corrected chi connectivity index (χ2v) is 6.41. The van der Waals surface area contributed by atoms with Crippen LogP contribution < -0.4 is 0 Å². The molecule has 0 saturated heterocycles. The molecule has 2 atom stereocenters. The predicted octanol–water partition coefficient (Wildman–Crippen LogP) is 4.67. The van der Waals surface area contributed by atoms with Crippen molar-refractivity contribution in [1.29, 1.82) is 0 Å². The Morgan fingerprint density at radius 2 is 1.96 bits per heavy atom. The molecule has 0 fully saturated rings. The molecule has 0 spiro atoms. The van der Waals surface area contributed by atoms with Crippen LogP contribution in [0.1, 0.15) is 50.0 Å². The lowest BCUT2D eigenvalue weighted by molar-refractivity contribution is -0.238. The van der Waals surface area contributed by atoms with E-state index in [0.29, 0.717) is 11.1 Å². The summed E-state index contributed by atoms with van der Waals surface area (Å²) in [6, 6.07) is 6.75. The minimum atomic E-state index is -1.92. The van der Waals surface area contributed by atoms with Crippen LogP contribution in [-0.2, 0) is 10.5 Å². The molecule has 4 nitrogen and oxygen atoms in total. The van der Waals surface area contributed by atoms with Crippen molar-refractivity contribution in [1.82, 2.24) is 0 Å². The fraction of sp³-hybridized carbons (Fsp3) is 0.381. The van der Waals surface area contributed by atoms with Gasteiger partial charge in [0.25, 0.3) is 0 Å². The van der Waals surface area contributed by atoms with Crippen LogP contribution in [0.2, 0.25) is 0 Å². The van der Waals surface area contributed by atoms with Crippen LogP contribution in [0.4, 0.5) is 0 Å². The first-order chi connectivity index (χ1) is 12.3. The molecule has 1 aromatic rings. The van der Waals surface area contributed by atoms with Crippen LogP contribution >= 0.6 is 11.6 Å². The molecule has 0 saturated carbocycles. The number of Topliss-reactive ketones (excluding diaryl/α,β-unsaturated/α-hetero) is 1. The normalized spacial score (nSPS) is 24.9. The summed E-state index contributed by atoms with van der Waals surface area (Å²) in [4.78, 5) is 12.9. The third-order valence-electron chi connectivity index (χ3n) is 4.29. The topological polar surface area (TPSA) is 66.8 Å². The third-order valence-corrected chi connectivity index (χ3v) is 4.40. The minimum Gasteiger partial charge on any atom is -0.457 e. The van der Waals surface area contributed by atoms with Gasteiger partial charge in [0.05, 0.1) is 0 Å². The van der Waals surface area contributed by atoms with Crippen LogP contribution in [0.5, 0.6) is 0 Å². The Balaban J connectivity index is 0.00000163. The molecule has 1 aliphatic rings. The van der Waals surface area contributed by atoms with Gasteiger partial charge in [0.1, 0.15) is 11.2 Å². The number of allylic oxidation sites excluding steroid dienone is 4. The molecular formula is C21H27ClO4. The summed E-state index contributed by atoms with van der Waals surface area (Å²) in [5.74, 6) is -1.91. The Labute approximate surface area is 160 Å². The van der Waals surface area contributed by atoms with Crippen molar-refractivity contribution in [2.24, 2.45) is 5.41 Å². The molecule has 0 bridgehead atoms. The van der Waals surface area contributed by atoms with Gasteiger partial charge in [0, 0.05) is 22.8 Å². The van der Waals surface area contributed by atoms with Gasteiger partial charge in [-0.05, 0) is 32.4 Å². The Kier molecular flexibility index (Phi) is 7.82. The molecule has 2 rings (SSSR count). The number of benzene rings is 1. The molecule has 5 heteroatoms. The van der Waals surface area contributed by atoms with E-state index in [-0.39, 0.29) is 29.6 Å². The van der Waals surface area contributed by atoms with Gasteiger partial charge in [-0.3, -0.25) is 4.79 Å². The van der Waals surface area contributed by atoms with Gasteiger partial charge in [-0.25, -0.2) is 0 Å². The standard InChI is InChI=1S/C19H21ClO4.C2H6/c1-4-7-14(12-13(2)20)24-19(23)16-9-6-5-8-15(16)17(22)18(19,3)10-11-21;1-2/h4-9,12,21,23H,2,10-11H2,1,3H3;1-2H3/b7-4-,14-12+;/t18-,19+;/m0./s1. The summed E-state index contributed by atoms with van der Waals surface area (Å²) in [5, 5.41) is 21.0. The van der Waals surface area contributed by atoms with Crippen molar-refractivity contribution < 1.29 is 19.7 Å². The van der Waals surface area contributed by atoms with E-state index in [9.17, 15) is 15.0 Å². The maximum absolute atomic E-state index is 12.9. The third kappa shape index (κ3) is 3.93. The molecule has 0 radical (unpaired) electrons. The maximum Gasteiger partial charge on any atom is 0.248 e. The molecule has 0 amide bonds. The maximum atomic E-state index is 12.9. The van der Waals surface area contributed by atoms with Gasteiger partial charge >= 0.3 is 0 Å². The first-order valence-electron chi connectivity index (χ1n) is 8.65. The van der Waals surface area contributed by atoms with E-state index in [1.807, 2.05) is 13.8 Å². The van der Waals surface area contributed by atoms with Gasteiger partial charge in [0.2, 0.25) is 5.79 Å². The van der Waals surface area contributed by atoms with Crippen LogP contribution in [-0.4, -0.2) is 22.6 Å². The summed E-state index contributed by atoms with van der Waals surface area (Å²) in [7, 11) is 0. The summed E-state index contributed by atoms with van der Waals surface area (Å²) in [6.45, 7) is 10.7. The Morgan fingerprint density at radius 1 is 1.35 bits per heavy atom. The number of ether oxygens (including phenoxy) is 1. The van der Waals surface area contributed by atoms with Gasteiger partial charge in [0.15, 0.2) is 5.78 Å². The SMILES string of the molecule is C=C(Cl)/C=C(\C=C/C)O[C@]1(O)c2ccccc2C(=O)[C@]1(C)CCO.CC. The summed E-state index contributed by atoms with van der Waals surface area (Å²) in [6.07, 6.45) is 4.86. The van der Waals surface area contributed by atoms with Crippen molar-refractivity contribution in [2.45, 2.75) is 39.9 Å². The number of rotatable bonds is 6. The lowest BCUT2D eigenvalue weighted by Gasteiger charge is -2.38. The van der Waals surface area contributed by atoms with E-state index in [0.717, 1.165) is 0 Å². The predicted molar refractivity (Wildman–Crippen MR) is 105 cm³/mol. The molecule has 1 aliphatic carbocycles. The molecule has 0 heterocycles. The second-order valence-electron chi connectivity index (χ2n) is 5.92. The highest BCUT2D eigenvalue weighted by molar-refractivity contribution is 6.30. The number of aliphatic hydroxyl groups excluding tert-OH is 1. The van der Waals surface area contributed by atoms with Gasteiger partial charge < -0.3 is 14.9 Å². The summed E-state index contributed by atoms with van der Waals surface area (Å²) >= 11 is 5.83. The number of fused-ring (bicyclic) bond motifs is 1. The molecule has 0 aromatic heterocycles. The Bertz CT molecular complexity index is 722. The Morgan fingerprint density at radius 3 is 2.50 bits per heavy atom. The van der Waals surface area contributed by atoms with Gasteiger partial charge in [-0.2, -0.15) is 0 Å². The molecule has 0 unspecified atom stereocenters. The Hall–Kier alpha value is -1.88. The molecule has 142 valence electrons. The van der Waals surface area contributed by atoms with E-state index >= 15 is 0 Å². The zero-order chi connectivity index (χ0) is 20.0. The lowest BCUT2D eigenvalue weighted by atomic mass is 9.78. The largest absolute Gasteiger partial charge is 0.457 e. The summed E-state index contributed by atoms with van der Waals surface area (Å²) in [5.41, 5.74) is -0.554. The number of carbonyl (C=O) groups excluding carboxylic acids is 1. The number of ketones is 1. The highest BCUT2D eigenvalue weighted by Crippen LogP contribution is 2.53. The van der Waals surface area contributed by atoms with E-state index in [4.69, 9.17) is 16.3 Å². The number of aliphatic hydroxyl groups is 2. The van der Waals surface area contributed by atoms with Gasteiger partial charge in [-0.1, -0.05) is 62.4 Å². The van der Waals surface area contributed by atoms with Crippen LogP contribution in [0, 0.1) is 5.41 Å². The minimum absolute atomic E-state index is 0.0575. The van der Waals surface area contributed by atoms with Crippen LogP contribution in [0.25, 0.3) is 0 Å². The van der Waals surface area contributed by atoms with E-state index in [1.54, 1.807) is 50.3 Å². The molecule has 2 N–H and O–H groups in total. The molecule has 26 heavy (non-hydrogen) atoms. The second kappa shape index (κ2) is 9.17. The number of hydrogen-bond donors (Lipinski definition) is 2. The van der Waals surface area contributed by atoms with Gasteiger partial charge in [-0.15, -0.1) is 0 Å². The van der Waals surface area contributed by atoms with Crippen molar-refractivity contribution in [3.63, 3.8) is 0 Å².